The Morgan fingerprint density at radius 3 is 2.74 bits per heavy atom. The second kappa shape index (κ2) is 5.81. The maximum Gasteiger partial charge on any atom is 0.255 e. The highest BCUT2D eigenvalue weighted by Crippen LogP contribution is 2.34. The van der Waals surface area contributed by atoms with Crippen molar-refractivity contribution in [3.8, 4) is 5.75 Å². The second-order valence-corrected chi connectivity index (χ2v) is 7.05. The summed E-state index contributed by atoms with van der Waals surface area (Å²) in [7, 11) is 0. The van der Waals surface area contributed by atoms with E-state index in [-0.39, 0.29) is 11.7 Å². The second-order valence-electron chi connectivity index (χ2n) is 6.14. The fourth-order valence-electron chi connectivity index (χ4n) is 2.56. The van der Waals surface area contributed by atoms with Gasteiger partial charge in [0, 0.05) is 15.7 Å². The van der Waals surface area contributed by atoms with Crippen LogP contribution in [0.2, 0.25) is 0 Å². The Labute approximate surface area is 143 Å². The average Bonchev–Trinajstić information content (AvgIpc) is 2.47. The summed E-state index contributed by atoms with van der Waals surface area (Å²) in [6, 6.07) is 12.3. The first-order valence-electron chi connectivity index (χ1n) is 7.27. The zero-order valence-corrected chi connectivity index (χ0v) is 14.4. The van der Waals surface area contributed by atoms with E-state index >= 15 is 0 Å². The van der Waals surface area contributed by atoms with Crippen molar-refractivity contribution < 1.29 is 14.3 Å². The minimum absolute atomic E-state index is 0.0230. The summed E-state index contributed by atoms with van der Waals surface area (Å²) < 4.78 is 6.64. The third-order valence-corrected chi connectivity index (χ3v) is 4.09. The number of hydrogen-bond acceptors (Lipinski definition) is 3. The van der Waals surface area contributed by atoms with E-state index in [9.17, 15) is 9.59 Å². The SMILES string of the molecule is CC1(C)CC(=O)c2cc(NC(=O)c3cccc(Br)c3)ccc2O1. The molecule has 2 aromatic carbocycles. The minimum Gasteiger partial charge on any atom is -0.487 e. The maximum absolute atomic E-state index is 12.3. The summed E-state index contributed by atoms with van der Waals surface area (Å²) in [4.78, 5) is 24.5. The number of ether oxygens (including phenoxy) is 1. The molecule has 0 atom stereocenters. The van der Waals surface area contributed by atoms with E-state index in [4.69, 9.17) is 4.74 Å². The smallest absolute Gasteiger partial charge is 0.255 e. The van der Waals surface area contributed by atoms with Gasteiger partial charge in [0.1, 0.15) is 11.4 Å². The van der Waals surface area contributed by atoms with Crippen LogP contribution in [-0.2, 0) is 0 Å². The van der Waals surface area contributed by atoms with Crippen molar-refractivity contribution >= 4 is 33.3 Å². The van der Waals surface area contributed by atoms with Gasteiger partial charge in [0.15, 0.2) is 5.78 Å². The van der Waals surface area contributed by atoms with Gasteiger partial charge in [-0.2, -0.15) is 0 Å². The number of fused-ring (bicyclic) bond motifs is 1. The van der Waals surface area contributed by atoms with Gasteiger partial charge in [-0.25, -0.2) is 0 Å². The Hall–Kier alpha value is -2.14. The van der Waals surface area contributed by atoms with Crippen LogP contribution in [0.4, 0.5) is 5.69 Å². The van der Waals surface area contributed by atoms with Crippen LogP contribution in [0.1, 0.15) is 41.0 Å². The Balaban J connectivity index is 1.84. The largest absolute Gasteiger partial charge is 0.487 e. The lowest BCUT2D eigenvalue weighted by molar-refractivity contribution is 0.0620. The minimum atomic E-state index is -0.495. The highest BCUT2D eigenvalue weighted by atomic mass is 79.9. The number of ketones is 1. The van der Waals surface area contributed by atoms with Crippen molar-refractivity contribution in [2.45, 2.75) is 25.9 Å². The van der Waals surface area contributed by atoms with Crippen LogP contribution in [0.5, 0.6) is 5.75 Å². The first kappa shape index (κ1) is 15.7. The molecule has 0 saturated carbocycles. The molecular formula is C18H16BrNO3. The van der Waals surface area contributed by atoms with Gasteiger partial charge < -0.3 is 10.1 Å². The van der Waals surface area contributed by atoms with E-state index in [1.54, 1.807) is 36.4 Å². The average molecular weight is 374 g/mol. The van der Waals surface area contributed by atoms with Gasteiger partial charge in [0.05, 0.1) is 12.0 Å². The summed E-state index contributed by atoms with van der Waals surface area (Å²) in [6.07, 6.45) is 0.322. The number of nitrogens with one attached hydrogen (secondary N) is 1. The molecule has 0 aliphatic carbocycles. The number of halogens is 1. The molecule has 2 aromatic rings. The van der Waals surface area contributed by atoms with Crippen LogP contribution in [0.25, 0.3) is 0 Å². The highest BCUT2D eigenvalue weighted by Gasteiger charge is 2.32. The predicted molar refractivity (Wildman–Crippen MR) is 92.2 cm³/mol. The van der Waals surface area contributed by atoms with Crippen molar-refractivity contribution in [3.63, 3.8) is 0 Å². The fraction of sp³-hybridized carbons (Fsp3) is 0.222. The van der Waals surface area contributed by atoms with Crippen molar-refractivity contribution in [1.82, 2.24) is 0 Å². The monoisotopic (exact) mass is 373 g/mol. The van der Waals surface area contributed by atoms with Gasteiger partial charge in [0.2, 0.25) is 0 Å². The maximum atomic E-state index is 12.3. The number of Topliss-reactive ketones (excluding diaryl/α,β-unsaturated/α-hetero) is 1. The molecule has 118 valence electrons. The summed E-state index contributed by atoms with van der Waals surface area (Å²) in [5.41, 5.74) is 1.13. The molecule has 4 nitrogen and oxygen atoms in total. The number of hydrogen-bond donors (Lipinski definition) is 1. The summed E-state index contributed by atoms with van der Waals surface area (Å²) in [5.74, 6) is 0.359. The van der Waals surface area contributed by atoms with Crippen LogP contribution in [0, 0.1) is 0 Å². The fourth-order valence-corrected chi connectivity index (χ4v) is 2.96. The molecule has 0 aromatic heterocycles. The van der Waals surface area contributed by atoms with Gasteiger partial charge in [-0.15, -0.1) is 0 Å². The normalized spacial score (nSPS) is 15.5. The molecule has 1 aliphatic rings. The zero-order chi connectivity index (χ0) is 16.6. The van der Waals surface area contributed by atoms with Gasteiger partial charge in [-0.1, -0.05) is 22.0 Å². The molecule has 3 rings (SSSR count). The van der Waals surface area contributed by atoms with Crippen molar-refractivity contribution in [2.24, 2.45) is 0 Å². The first-order chi connectivity index (χ1) is 10.8. The molecule has 0 unspecified atom stereocenters. The molecule has 0 radical (unpaired) electrons. The lowest BCUT2D eigenvalue weighted by atomic mass is 9.93. The van der Waals surface area contributed by atoms with E-state index in [1.165, 1.54) is 0 Å². The molecule has 0 spiro atoms. The number of anilines is 1. The number of carbonyl (C=O) groups is 2. The third kappa shape index (κ3) is 3.45. The van der Waals surface area contributed by atoms with Gasteiger partial charge in [0.25, 0.3) is 5.91 Å². The van der Waals surface area contributed by atoms with E-state index < -0.39 is 5.60 Å². The Morgan fingerprint density at radius 1 is 1.22 bits per heavy atom. The van der Waals surface area contributed by atoms with E-state index in [1.807, 2.05) is 19.9 Å². The Morgan fingerprint density at radius 2 is 2.00 bits per heavy atom. The van der Waals surface area contributed by atoms with E-state index in [2.05, 4.69) is 21.2 Å². The summed E-state index contributed by atoms with van der Waals surface area (Å²) in [6.45, 7) is 3.77. The summed E-state index contributed by atoms with van der Waals surface area (Å²) in [5, 5.41) is 2.81. The molecular weight excluding hydrogens is 358 g/mol. The Kier molecular flexibility index (Phi) is 3.98. The molecule has 1 amide bonds. The molecule has 0 bridgehead atoms. The van der Waals surface area contributed by atoms with Crippen LogP contribution in [0.15, 0.2) is 46.9 Å². The molecule has 1 N–H and O–H groups in total. The zero-order valence-electron chi connectivity index (χ0n) is 12.9. The van der Waals surface area contributed by atoms with Crippen LogP contribution in [-0.4, -0.2) is 17.3 Å². The van der Waals surface area contributed by atoms with Crippen molar-refractivity contribution in [2.75, 3.05) is 5.32 Å². The number of amides is 1. The molecule has 0 saturated heterocycles. The molecule has 1 heterocycles. The molecule has 0 fully saturated rings. The first-order valence-corrected chi connectivity index (χ1v) is 8.06. The lowest BCUT2D eigenvalue weighted by Crippen LogP contribution is -2.35. The number of carbonyl (C=O) groups excluding carboxylic acids is 2. The molecule has 1 aliphatic heterocycles. The molecule has 5 heteroatoms. The van der Waals surface area contributed by atoms with Gasteiger partial charge in [-0.05, 0) is 50.2 Å². The quantitative estimate of drug-likeness (QED) is 0.845. The topological polar surface area (TPSA) is 55.4 Å². The van der Waals surface area contributed by atoms with E-state index in [0.717, 1.165) is 4.47 Å². The number of rotatable bonds is 2. The van der Waals surface area contributed by atoms with Crippen LogP contribution in [0.3, 0.4) is 0 Å². The molecule has 23 heavy (non-hydrogen) atoms. The summed E-state index contributed by atoms with van der Waals surface area (Å²) >= 11 is 3.34. The number of benzene rings is 2. The third-order valence-electron chi connectivity index (χ3n) is 3.60. The lowest BCUT2D eigenvalue weighted by Gasteiger charge is -2.31. The van der Waals surface area contributed by atoms with Gasteiger partial charge >= 0.3 is 0 Å². The predicted octanol–water partition coefficient (Wildman–Crippen LogP) is 4.45. The van der Waals surface area contributed by atoms with Crippen molar-refractivity contribution in [1.29, 1.82) is 0 Å². The van der Waals surface area contributed by atoms with Crippen LogP contribution >= 0.6 is 15.9 Å². The van der Waals surface area contributed by atoms with Gasteiger partial charge in [-0.3, -0.25) is 9.59 Å². The van der Waals surface area contributed by atoms with Crippen molar-refractivity contribution in [3.05, 3.63) is 58.1 Å². The van der Waals surface area contributed by atoms with E-state index in [0.29, 0.717) is 29.0 Å². The van der Waals surface area contributed by atoms with Crippen LogP contribution < -0.4 is 10.1 Å². The Bertz CT molecular complexity index is 799. The standard InChI is InChI=1S/C18H16BrNO3/c1-18(2)10-15(21)14-9-13(6-7-16(14)23-18)20-17(22)11-4-3-5-12(19)8-11/h3-9H,10H2,1-2H3,(H,20,22). The highest BCUT2D eigenvalue weighted by molar-refractivity contribution is 9.10.